The molecule has 0 aliphatic heterocycles. The molecule has 0 unspecified atom stereocenters. The van der Waals surface area contributed by atoms with Crippen LogP contribution in [-0.2, 0) is 6.54 Å². The third kappa shape index (κ3) is 4.12. The Labute approximate surface area is 158 Å². The van der Waals surface area contributed by atoms with Gasteiger partial charge in [-0.2, -0.15) is 5.10 Å². The number of amides is 2. The Kier molecular flexibility index (Phi) is 4.79. The Bertz CT molecular complexity index is 1030. The van der Waals surface area contributed by atoms with Gasteiger partial charge in [0.2, 0.25) is 5.13 Å². The number of nitrogens with one attached hydrogen (secondary N) is 2. The molecule has 4 rings (SSSR count). The minimum atomic E-state index is -0.365. The highest BCUT2D eigenvalue weighted by atomic mass is 32.1. The summed E-state index contributed by atoms with van der Waals surface area (Å²) in [6.07, 6.45) is 6.85. The van der Waals surface area contributed by atoms with E-state index in [2.05, 4.69) is 35.9 Å². The smallest absolute Gasteiger partial charge is 0.321 e. The molecule has 0 saturated heterocycles. The number of pyridine rings is 2. The summed E-state index contributed by atoms with van der Waals surface area (Å²) < 4.78 is 1.66. The predicted octanol–water partition coefficient (Wildman–Crippen LogP) is 2.50. The maximum absolute atomic E-state index is 12.1. The molecule has 0 aromatic carbocycles. The largest absolute Gasteiger partial charge is 0.334 e. The van der Waals surface area contributed by atoms with E-state index < -0.39 is 0 Å². The van der Waals surface area contributed by atoms with Crippen molar-refractivity contribution in [3.63, 3.8) is 0 Å². The standard InChI is InChI=1S/C17H14N8OS/c26-16(22-17-24-23-15(27-17)13-4-1-2-6-18-13)20-11-12-5-8-19-14(10-12)25-9-3-7-21-25/h1-10H,11H2,(H2,20,22,24,26). The zero-order chi connectivity index (χ0) is 18.5. The van der Waals surface area contributed by atoms with E-state index in [0.717, 1.165) is 5.56 Å². The summed E-state index contributed by atoms with van der Waals surface area (Å²) in [5.74, 6) is 0.684. The fraction of sp³-hybridized carbons (Fsp3) is 0.0588. The fourth-order valence-electron chi connectivity index (χ4n) is 2.29. The van der Waals surface area contributed by atoms with Crippen LogP contribution in [0.1, 0.15) is 5.56 Å². The topological polar surface area (TPSA) is 111 Å². The van der Waals surface area contributed by atoms with Gasteiger partial charge in [0.05, 0.1) is 0 Å². The quantitative estimate of drug-likeness (QED) is 0.552. The van der Waals surface area contributed by atoms with Crippen LogP contribution in [0, 0.1) is 0 Å². The molecular formula is C17H14N8OS. The van der Waals surface area contributed by atoms with E-state index in [1.165, 1.54) is 11.3 Å². The van der Waals surface area contributed by atoms with Crippen molar-refractivity contribution >= 4 is 22.5 Å². The van der Waals surface area contributed by atoms with E-state index in [9.17, 15) is 4.79 Å². The summed E-state index contributed by atoms with van der Waals surface area (Å²) >= 11 is 1.26. The van der Waals surface area contributed by atoms with Crippen molar-refractivity contribution in [2.45, 2.75) is 6.54 Å². The van der Waals surface area contributed by atoms with Crippen molar-refractivity contribution in [1.29, 1.82) is 0 Å². The number of aromatic nitrogens is 6. The van der Waals surface area contributed by atoms with Crippen LogP contribution in [0.5, 0.6) is 0 Å². The van der Waals surface area contributed by atoms with Crippen LogP contribution in [0.25, 0.3) is 16.5 Å². The third-order valence-corrected chi connectivity index (χ3v) is 4.39. The molecule has 2 N–H and O–H groups in total. The van der Waals surface area contributed by atoms with Gasteiger partial charge in [0, 0.05) is 31.3 Å². The van der Waals surface area contributed by atoms with Gasteiger partial charge in [0.15, 0.2) is 10.8 Å². The first-order chi connectivity index (χ1) is 13.3. The highest BCUT2D eigenvalue weighted by molar-refractivity contribution is 7.18. The molecule has 4 aromatic heterocycles. The molecule has 134 valence electrons. The van der Waals surface area contributed by atoms with Gasteiger partial charge in [0.1, 0.15) is 5.69 Å². The summed E-state index contributed by atoms with van der Waals surface area (Å²) in [4.78, 5) is 20.6. The van der Waals surface area contributed by atoms with Crippen LogP contribution in [0.4, 0.5) is 9.93 Å². The lowest BCUT2D eigenvalue weighted by Crippen LogP contribution is -2.28. The Morgan fingerprint density at radius 2 is 2.04 bits per heavy atom. The van der Waals surface area contributed by atoms with Crippen molar-refractivity contribution in [2.24, 2.45) is 0 Å². The van der Waals surface area contributed by atoms with E-state index in [0.29, 0.717) is 28.2 Å². The van der Waals surface area contributed by atoms with Crippen molar-refractivity contribution in [2.75, 3.05) is 5.32 Å². The average molecular weight is 378 g/mol. The van der Waals surface area contributed by atoms with Crippen LogP contribution in [0.3, 0.4) is 0 Å². The molecule has 10 heteroatoms. The van der Waals surface area contributed by atoms with Gasteiger partial charge in [-0.25, -0.2) is 14.5 Å². The Morgan fingerprint density at radius 3 is 2.85 bits per heavy atom. The van der Waals surface area contributed by atoms with E-state index in [-0.39, 0.29) is 6.03 Å². The first-order valence-corrected chi connectivity index (χ1v) is 8.84. The molecule has 4 aromatic rings. The summed E-state index contributed by atoms with van der Waals surface area (Å²) in [5, 5.41) is 18.7. The number of carbonyl (C=O) groups excluding carboxylic acids is 1. The maximum Gasteiger partial charge on any atom is 0.321 e. The van der Waals surface area contributed by atoms with Crippen LogP contribution in [0.2, 0.25) is 0 Å². The fourth-order valence-corrected chi connectivity index (χ4v) is 3.01. The van der Waals surface area contributed by atoms with Gasteiger partial charge in [-0.1, -0.05) is 17.4 Å². The molecular weight excluding hydrogens is 364 g/mol. The van der Waals surface area contributed by atoms with Crippen molar-refractivity contribution < 1.29 is 4.79 Å². The minimum Gasteiger partial charge on any atom is -0.334 e. The Balaban J connectivity index is 1.35. The second kappa shape index (κ2) is 7.70. The summed E-state index contributed by atoms with van der Waals surface area (Å²) in [5.41, 5.74) is 1.61. The molecule has 0 atom stereocenters. The van der Waals surface area contributed by atoms with Crippen LogP contribution < -0.4 is 10.6 Å². The van der Waals surface area contributed by atoms with Gasteiger partial charge >= 0.3 is 6.03 Å². The first kappa shape index (κ1) is 16.8. The molecule has 0 spiro atoms. The number of hydrogen-bond donors (Lipinski definition) is 2. The Morgan fingerprint density at radius 1 is 1.07 bits per heavy atom. The van der Waals surface area contributed by atoms with Gasteiger partial charge in [-0.05, 0) is 35.9 Å². The molecule has 4 heterocycles. The number of nitrogens with zero attached hydrogens (tertiary/aromatic N) is 6. The molecule has 0 saturated carbocycles. The normalized spacial score (nSPS) is 10.5. The maximum atomic E-state index is 12.1. The second-order valence-electron chi connectivity index (χ2n) is 5.41. The van der Waals surface area contributed by atoms with Crippen LogP contribution >= 0.6 is 11.3 Å². The number of hydrogen-bond acceptors (Lipinski definition) is 7. The molecule has 0 aliphatic rings. The average Bonchev–Trinajstić information content (AvgIpc) is 3.40. The Hall–Kier alpha value is -3.66. The first-order valence-electron chi connectivity index (χ1n) is 8.03. The minimum absolute atomic E-state index is 0.342. The van der Waals surface area contributed by atoms with E-state index >= 15 is 0 Å². The van der Waals surface area contributed by atoms with Gasteiger partial charge < -0.3 is 5.32 Å². The lowest BCUT2D eigenvalue weighted by Gasteiger charge is -2.07. The SMILES string of the molecule is O=C(NCc1ccnc(-n2cccn2)c1)Nc1nnc(-c2ccccn2)s1. The van der Waals surface area contributed by atoms with Gasteiger partial charge in [-0.15, -0.1) is 10.2 Å². The van der Waals surface area contributed by atoms with Crippen LogP contribution in [-0.4, -0.2) is 36.0 Å². The molecule has 27 heavy (non-hydrogen) atoms. The lowest BCUT2D eigenvalue weighted by molar-refractivity contribution is 0.251. The molecule has 0 fully saturated rings. The molecule has 0 bridgehead atoms. The molecule has 9 nitrogen and oxygen atoms in total. The molecule has 0 aliphatic carbocycles. The molecule has 0 radical (unpaired) electrons. The monoisotopic (exact) mass is 378 g/mol. The molecule has 2 amide bonds. The lowest BCUT2D eigenvalue weighted by atomic mass is 10.2. The highest BCUT2D eigenvalue weighted by Gasteiger charge is 2.10. The summed E-state index contributed by atoms with van der Waals surface area (Å²) in [6, 6.07) is 10.7. The van der Waals surface area contributed by atoms with Gasteiger partial charge in [0.25, 0.3) is 0 Å². The van der Waals surface area contributed by atoms with Gasteiger partial charge in [-0.3, -0.25) is 10.3 Å². The van der Waals surface area contributed by atoms with Crippen molar-refractivity contribution in [3.8, 4) is 16.5 Å². The van der Waals surface area contributed by atoms with E-state index in [1.807, 2.05) is 36.4 Å². The van der Waals surface area contributed by atoms with Crippen LogP contribution in [0.15, 0.2) is 61.2 Å². The highest BCUT2D eigenvalue weighted by Crippen LogP contribution is 2.24. The second-order valence-corrected chi connectivity index (χ2v) is 6.39. The zero-order valence-corrected chi connectivity index (χ0v) is 14.8. The number of carbonyl (C=O) groups is 1. The van der Waals surface area contributed by atoms with Crippen molar-refractivity contribution in [3.05, 3.63) is 66.7 Å². The van der Waals surface area contributed by atoms with Crippen molar-refractivity contribution in [1.82, 2.24) is 35.3 Å². The number of rotatable bonds is 5. The summed E-state index contributed by atoms with van der Waals surface area (Å²) in [6.45, 7) is 0.342. The third-order valence-electron chi connectivity index (χ3n) is 3.53. The number of anilines is 1. The number of urea groups is 1. The summed E-state index contributed by atoms with van der Waals surface area (Å²) in [7, 11) is 0. The zero-order valence-electron chi connectivity index (χ0n) is 14.0. The predicted molar refractivity (Wildman–Crippen MR) is 100 cm³/mol. The van der Waals surface area contributed by atoms with E-state index in [4.69, 9.17) is 0 Å². The van der Waals surface area contributed by atoms with E-state index in [1.54, 1.807) is 29.5 Å².